The molecule has 29 heavy (non-hydrogen) atoms. The van der Waals surface area contributed by atoms with Crippen molar-refractivity contribution in [1.82, 2.24) is 4.98 Å². The van der Waals surface area contributed by atoms with E-state index in [4.69, 9.17) is 5.73 Å². The van der Waals surface area contributed by atoms with Crippen LogP contribution in [0, 0.1) is 0 Å². The zero-order valence-electron chi connectivity index (χ0n) is 16.0. The third kappa shape index (κ3) is 4.50. The summed E-state index contributed by atoms with van der Waals surface area (Å²) in [5.41, 5.74) is 14.0. The molecule has 0 aliphatic rings. The molecule has 0 amide bonds. The van der Waals surface area contributed by atoms with E-state index in [-0.39, 0.29) is 0 Å². The van der Waals surface area contributed by atoms with Crippen molar-refractivity contribution < 1.29 is 0 Å². The molecule has 0 unspecified atom stereocenters. The van der Waals surface area contributed by atoms with Gasteiger partial charge in [0.15, 0.2) is 0 Å². The van der Waals surface area contributed by atoms with E-state index in [1.54, 1.807) is 17.6 Å². The van der Waals surface area contributed by atoms with Gasteiger partial charge in [0.05, 0.1) is 22.1 Å². The number of nitrogens with zero attached hydrogens (tertiary/aromatic N) is 3. The second kappa shape index (κ2) is 8.67. The molecule has 3 N–H and O–H groups in total. The fourth-order valence-electron chi connectivity index (χ4n) is 2.91. The smallest absolute Gasteiger partial charge is 0.204 e. The van der Waals surface area contributed by atoms with Crippen molar-refractivity contribution in [2.75, 3.05) is 5.43 Å². The van der Waals surface area contributed by atoms with Crippen LogP contribution < -0.4 is 11.2 Å². The zero-order valence-corrected chi connectivity index (χ0v) is 16.9. The van der Waals surface area contributed by atoms with Crippen LogP contribution in [-0.4, -0.2) is 17.0 Å². The Morgan fingerprint density at radius 3 is 2.66 bits per heavy atom. The highest BCUT2D eigenvalue weighted by atomic mass is 32.1. The Hall–Kier alpha value is -3.51. The van der Waals surface area contributed by atoms with Gasteiger partial charge in [-0.05, 0) is 36.2 Å². The predicted octanol–water partition coefficient (Wildman–Crippen LogP) is 5.34. The Morgan fingerprint density at radius 1 is 1.07 bits per heavy atom. The Balaban J connectivity index is 1.60. The van der Waals surface area contributed by atoms with Crippen LogP contribution in [0.2, 0.25) is 0 Å². The second-order valence-corrected chi connectivity index (χ2v) is 7.50. The SMILES string of the molecule is CCc1ccc(N=C(N)c2ccccc2)c(/C=N/Nc2nc3ccccc3s2)c1. The van der Waals surface area contributed by atoms with Crippen molar-refractivity contribution in [3.8, 4) is 0 Å². The van der Waals surface area contributed by atoms with Crippen molar-refractivity contribution >= 4 is 44.4 Å². The van der Waals surface area contributed by atoms with E-state index in [9.17, 15) is 0 Å². The number of thiazole rings is 1. The molecule has 0 aliphatic carbocycles. The maximum atomic E-state index is 6.21. The lowest BCUT2D eigenvalue weighted by atomic mass is 10.1. The molecule has 0 radical (unpaired) electrons. The number of aliphatic imine (C=N–C) groups is 1. The van der Waals surface area contributed by atoms with Gasteiger partial charge >= 0.3 is 0 Å². The zero-order chi connectivity index (χ0) is 20.1. The van der Waals surface area contributed by atoms with Crippen molar-refractivity contribution in [2.45, 2.75) is 13.3 Å². The first-order valence-corrected chi connectivity index (χ1v) is 10.2. The Kier molecular flexibility index (Phi) is 5.63. The highest BCUT2D eigenvalue weighted by Gasteiger charge is 2.05. The molecule has 0 aliphatic heterocycles. The number of hydrazone groups is 1. The molecule has 4 rings (SSSR count). The van der Waals surface area contributed by atoms with Crippen molar-refractivity contribution in [3.05, 3.63) is 89.5 Å². The van der Waals surface area contributed by atoms with Gasteiger partial charge in [-0.2, -0.15) is 5.10 Å². The molecule has 1 heterocycles. The number of benzene rings is 3. The van der Waals surface area contributed by atoms with Gasteiger partial charge in [0.1, 0.15) is 5.84 Å². The largest absolute Gasteiger partial charge is 0.383 e. The van der Waals surface area contributed by atoms with Crippen LogP contribution >= 0.6 is 11.3 Å². The molecule has 3 aromatic carbocycles. The van der Waals surface area contributed by atoms with Crippen LogP contribution in [0.5, 0.6) is 0 Å². The number of aryl methyl sites for hydroxylation is 1. The average Bonchev–Trinajstić information content (AvgIpc) is 3.18. The fraction of sp³-hybridized carbons (Fsp3) is 0.0870. The van der Waals surface area contributed by atoms with Crippen molar-refractivity contribution in [3.63, 3.8) is 0 Å². The quantitative estimate of drug-likeness (QED) is 0.261. The molecule has 4 aromatic rings. The Morgan fingerprint density at radius 2 is 1.86 bits per heavy atom. The van der Waals surface area contributed by atoms with E-state index in [2.05, 4.69) is 39.6 Å². The molecule has 5 nitrogen and oxygen atoms in total. The summed E-state index contributed by atoms with van der Waals surface area (Å²) >= 11 is 1.57. The first-order chi connectivity index (χ1) is 14.2. The van der Waals surface area contributed by atoms with Gasteiger partial charge in [0.25, 0.3) is 0 Å². The topological polar surface area (TPSA) is 75.7 Å². The summed E-state index contributed by atoms with van der Waals surface area (Å²) in [6, 6.07) is 23.9. The number of hydrogen-bond donors (Lipinski definition) is 2. The molecule has 0 saturated carbocycles. The number of nitrogens with two attached hydrogens (primary N) is 1. The molecule has 0 atom stereocenters. The van der Waals surface area contributed by atoms with E-state index < -0.39 is 0 Å². The van der Waals surface area contributed by atoms with Crippen LogP contribution in [0.25, 0.3) is 10.2 Å². The normalized spacial score (nSPS) is 12.0. The lowest BCUT2D eigenvalue weighted by molar-refractivity contribution is 1.14. The summed E-state index contributed by atoms with van der Waals surface area (Å²) in [6.07, 6.45) is 2.70. The van der Waals surface area contributed by atoms with Crippen LogP contribution in [0.1, 0.15) is 23.6 Å². The molecule has 1 aromatic heterocycles. The summed E-state index contributed by atoms with van der Waals surface area (Å²) in [7, 11) is 0. The molecule has 6 heteroatoms. The van der Waals surface area contributed by atoms with Gasteiger partial charge in [0, 0.05) is 11.1 Å². The number of aromatic nitrogens is 1. The highest BCUT2D eigenvalue weighted by molar-refractivity contribution is 7.22. The molecular formula is C23H21N5S. The summed E-state index contributed by atoms with van der Waals surface area (Å²) in [5, 5.41) is 5.14. The van der Waals surface area contributed by atoms with Gasteiger partial charge in [-0.15, -0.1) is 0 Å². The summed E-state index contributed by atoms with van der Waals surface area (Å²) in [6.45, 7) is 2.12. The summed E-state index contributed by atoms with van der Waals surface area (Å²) in [4.78, 5) is 9.16. The number of amidine groups is 1. The van der Waals surface area contributed by atoms with Crippen LogP contribution in [-0.2, 0) is 6.42 Å². The van der Waals surface area contributed by atoms with Gasteiger partial charge in [-0.1, -0.05) is 66.8 Å². The molecule has 0 saturated heterocycles. The first kappa shape index (κ1) is 18.8. The van der Waals surface area contributed by atoms with Crippen LogP contribution in [0.3, 0.4) is 0 Å². The van der Waals surface area contributed by atoms with E-state index in [0.29, 0.717) is 5.84 Å². The Labute approximate surface area is 173 Å². The van der Waals surface area contributed by atoms with Crippen LogP contribution in [0.15, 0.2) is 82.9 Å². The van der Waals surface area contributed by atoms with E-state index in [0.717, 1.165) is 38.6 Å². The fourth-order valence-corrected chi connectivity index (χ4v) is 3.72. The Bertz CT molecular complexity index is 1150. The van der Waals surface area contributed by atoms with E-state index >= 15 is 0 Å². The summed E-state index contributed by atoms with van der Waals surface area (Å²) in [5.74, 6) is 0.476. The lowest BCUT2D eigenvalue weighted by Gasteiger charge is -2.06. The molecular weight excluding hydrogens is 378 g/mol. The second-order valence-electron chi connectivity index (χ2n) is 6.47. The van der Waals surface area contributed by atoms with Crippen LogP contribution in [0.4, 0.5) is 10.8 Å². The minimum Gasteiger partial charge on any atom is -0.383 e. The van der Waals surface area contributed by atoms with Crippen molar-refractivity contribution in [2.24, 2.45) is 15.8 Å². The lowest BCUT2D eigenvalue weighted by Crippen LogP contribution is -2.12. The first-order valence-electron chi connectivity index (χ1n) is 9.40. The molecule has 0 bridgehead atoms. The van der Waals surface area contributed by atoms with Gasteiger partial charge < -0.3 is 5.73 Å². The van der Waals surface area contributed by atoms with Gasteiger partial charge in [0.2, 0.25) is 5.13 Å². The highest BCUT2D eigenvalue weighted by Crippen LogP contribution is 2.25. The molecule has 0 spiro atoms. The number of para-hydroxylation sites is 1. The predicted molar refractivity (Wildman–Crippen MR) is 123 cm³/mol. The third-order valence-corrected chi connectivity index (χ3v) is 5.41. The number of hydrogen-bond acceptors (Lipinski definition) is 5. The van der Waals surface area contributed by atoms with E-state index in [1.807, 2.05) is 60.7 Å². The van der Waals surface area contributed by atoms with Gasteiger partial charge in [-0.3, -0.25) is 5.43 Å². The minimum absolute atomic E-state index is 0.476. The monoisotopic (exact) mass is 399 g/mol. The minimum atomic E-state index is 0.476. The number of rotatable bonds is 6. The third-order valence-electron chi connectivity index (χ3n) is 4.47. The molecule has 144 valence electrons. The number of anilines is 1. The number of nitrogens with one attached hydrogen (secondary N) is 1. The maximum absolute atomic E-state index is 6.21. The summed E-state index contributed by atoms with van der Waals surface area (Å²) < 4.78 is 1.12. The maximum Gasteiger partial charge on any atom is 0.204 e. The molecule has 0 fully saturated rings. The standard InChI is InChI=1S/C23H21N5S/c1-2-16-12-13-19(26-22(24)17-8-4-3-5-9-17)18(14-16)15-25-28-23-27-20-10-6-7-11-21(20)29-23/h3-15H,2H2,1H3,(H2,24,26)(H,27,28)/b25-15+. The van der Waals surface area contributed by atoms with Crippen molar-refractivity contribution in [1.29, 1.82) is 0 Å². The van der Waals surface area contributed by atoms with E-state index in [1.165, 1.54) is 5.56 Å². The van der Waals surface area contributed by atoms with Gasteiger partial charge in [-0.25, -0.2) is 9.98 Å². The number of fused-ring (bicyclic) bond motifs is 1. The average molecular weight is 400 g/mol.